The molecule has 3 aromatic carbocycles. The van der Waals surface area contributed by atoms with E-state index in [1.54, 1.807) is 6.08 Å². The van der Waals surface area contributed by atoms with Crippen LogP contribution < -0.4 is 4.90 Å². The molecular weight excluding hydrogens is 562 g/mol. The first-order chi connectivity index (χ1) is 20.5. The number of carbonyl (C=O) groups excluding carboxylic acids is 2. The van der Waals surface area contributed by atoms with Crippen molar-refractivity contribution in [3.05, 3.63) is 135 Å². The Hall–Kier alpha value is -4.75. The number of Topliss-reactive ketones (excluding diaryl/α,β-unsaturated/α-hetero) is 2. The maximum atomic E-state index is 13.8. The van der Waals surface area contributed by atoms with Gasteiger partial charge in [-0.25, -0.2) is 8.78 Å². The van der Waals surface area contributed by atoms with Crippen LogP contribution in [-0.4, -0.2) is 16.6 Å². The Kier molecular flexibility index (Phi) is 6.08. The molecule has 2 aromatic heterocycles. The fourth-order valence-electron chi connectivity index (χ4n) is 6.23. The van der Waals surface area contributed by atoms with Crippen molar-refractivity contribution in [2.24, 2.45) is 0 Å². The summed E-state index contributed by atoms with van der Waals surface area (Å²) < 4.78 is 27.6. The molecule has 0 bridgehead atoms. The molecule has 0 fully saturated rings. The summed E-state index contributed by atoms with van der Waals surface area (Å²) in [5.41, 5.74) is 7.75. The molecular formula is C36H26F2N2O2S. The molecule has 2 aliphatic carbocycles. The van der Waals surface area contributed by atoms with Gasteiger partial charge in [-0.1, -0.05) is 38.1 Å². The largest absolute Gasteiger partial charge is 0.310 e. The molecule has 0 saturated carbocycles. The van der Waals surface area contributed by atoms with Crippen LogP contribution in [-0.2, 0) is 5.41 Å². The number of halogens is 2. The maximum absolute atomic E-state index is 13.8. The molecule has 0 atom stereocenters. The smallest absolute Gasteiger partial charge is 0.197 e. The number of fused-ring (bicyclic) bond motifs is 4. The van der Waals surface area contributed by atoms with Crippen LogP contribution in [0.2, 0.25) is 0 Å². The normalized spacial score (nSPS) is 14.5. The molecule has 0 amide bonds. The summed E-state index contributed by atoms with van der Waals surface area (Å²) in [6, 6.07) is 24.5. The van der Waals surface area contributed by atoms with Crippen molar-refractivity contribution in [3.63, 3.8) is 0 Å². The fourth-order valence-corrected chi connectivity index (χ4v) is 7.53. The maximum Gasteiger partial charge on any atom is 0.197 e. The zero-order valence-electron chi connectivity index (χ0n) is 24.0. The number of hydrogen-bond acceptors (Lipinski definition) is 5. The van der Waals surface area contributed by atoms with E-state index in [1.807, 2.05) is 38.1 Å². The van der Waals surface area contributed by atoms with Gasteiger partial charge in [0.2, 0.25) is 0 Å². The predicted molar refractivity (Wildman–Crippen MR) is 167 cm³/mol. The number of ketones is 2. The van der Waals surface area contributed by atoms with Crippen molar-refractivity contribution >= 4 is 46.0 Å². The van der Waals surface area contributed by atoms with E-state index >= 15 is 0 Å². The van der Waals surface area contributed by atoms with E-state index in [2.05, 4.69) is 66.2 Å². The third-order valence-electron chi connectivity index (χ3n) is 8.27. The third kappa shape index (κ3) is 4.26. The standard InChI is InChI=1S/C36H26F2N2O2S/c1-19-12-23(13-20(2)39-19)40(21-8-6-5-7-9-21)22-10-11-25-29(14-22)36(3,4)30-16-24(43-35(25)30)15-28-33(41)26-17-31(37)32(38)18-27(26)34(28)42/h5-18H,1-4H3. The zero-order chi connectivity index (χ0) is 30.2. The van der Waals surface area contributed by atoms with Gasteiger partial charge in [-0.05, 0) is 91.2 Å². The number of pyridine rings is 1. The SMILES string of the molecule is Cc1cc(N(c2ccccc2)c2ccc3c(c2)C(C)(C)c2cc(C=C4C(=O)c5cc(F)c(F)cc5C4=O)sc2-3)cc(C)n1. The number of nitrogens with zero attached hydrogens (tertiary/aromatic N) is 2. The molecule has 0 saturated heterocycles. The number of allylic oxidation sites excluding steroid dienone is 1. The quantitative estimate of drug-likeness (QED) is 0.155. The summed E-state index contributed by atoms with van der Waals surface area (Å²) in [4.78, 5) is 34.6. The zero-order valence-corrected chi connectivity index (χ0v) is 24.8. The number of rotatable bonds is 4. The molecule has 7 heteroatoms. The van der Waals surface area contributed by atoms with Gasteiger partial charge < -0.3 is 4.90 Å². The van der Waals surface area contributed by atoms with Gasteiger partial charge in [0.1, 0.15) is 0 Å². The predicted octanol–water partition coefficient (Wildman–Crippen LogP) is 9.28. The molecule has 4 nitrogen and oxygen atoms in total. The molecule has 0 unspecified atom stereocenters. The minimum absolute atomic E-state index is 0.0743. The highest BCUT2D eigenvalue weighted by molar-refractivity contribution is 7.16. The molecule has 5 aromatic rings. The van der Waals surface area contributed by atoms with Crippen molar-refractivity contribution in [3.8, 4) is 10.4 Å². The van der Waals surface area contributed by atoms with Gasteiger partial charge in [-0.2, -0.15) is 0 Å². The second-order valence-electron chi connectivity index (χ2n) is 11.6. The van der Waals surface area contributed by atoms with Crippen LogP contribution in [0.5, 0.6) is 0 Å². The summed E-state index contributed by atoms with van der Waals surface area (Å²) in [6.07, 6.45) is 1.55. The number of para-hydroxylation sites is 1. The molecule has 43 heavy (non-hydrogen) atoms. The number of carbonyl (C=O) groups is 2. The van der Waals surface area contributed by atoms with E-state index in [1.165, 1.54) is 16.9 Å². The third-order valence-corrected chi connectivity index (χ3v) is 9.38. The average molecular weight is 589 g/mol. The first-order valence-corrected chi connectivity index (χ1v) is 14.7. The minimum Gasteiger partial charge on any atom is -0.310 e. The number of hydrogen-bond donors (Lipinski definition) is 0. The highest BCUT2D eigenvalue weighted by Crippen LogP contribution is 2.54. The monoisotopic (exact) mass is 588 g/mol. The van der Waals surface area contributed by atoms with Crippen LogP contribution in [0.4, 0.5) is 25.8 Å². The summed E-state index contributed by atoms with van der Waals surface area (Å²) in [5.74, 6) is -3.46. The van der Waals surface area contributed by atoms with Crippen LogP contribution in [0.3, 0.4) is 0 Å². The lowest BCUT2D eigenvalue weighted by Gasteiger charge is -2.28. The number of benzene rings is 3. The molecule has 7 rings (SSSR count). The molecule has 0 spiro atoms. The first-order valence-electron chi connectivity index (χ1n) is 13.9. The highest BCUT2D eigenvalue weighted by Gasteiger charge is 2.39. The van der Waals surface area contributed by atoms with Crippen LogP contribution in [0.1, 0.15) is 62.0 Å². The van der Waals surface area contributed by atoms with E-state index < -0.39 is 23.2 Å². The number of thiophene rings is 1. The Morgan fingerprint density at radius 1 is 0.721 bits per heavy atom. The molecule has 2 aliphatic rings. The fraction of sp³-hybridized carbons (Fsp3) is 0.139. The Balaban J connectivity index is 1.30. The topological polar surface area (TPSA) is 50.3 Å². The average Bonchev–Trinajstić information content (AvgIpc) is 3.55. The van der Waals surface area contributed by atoms with Gasteiger partial charge >= 0.3 is 0 Å². The van der Waals surface area contributed by atoms with Crippen molar-refractivity contribution in [2.75, 3.05) is 4.90 Å². The van der Waals surface area contributed by atoms with Gasteiger partial charge in [0.15, 0.2) is 23.2 Å². The van der Waals surface area contributed by atoms with E-state index in [0.29, 0.717) is 0 Å². The van der Waals surface area contributed by atoms with E-state index in [4.69, 9.17) is 0 Å². The van der Waals surface area contributed by atoms with Crippen LogP contribution in [0.15, 0.2) is 84.4 Å². The molecule has 0 aliphatic heterocycles. The second kappa shape index (κ2) is 9.64. The molecule has 0 radical (unpaired) electrons. The Labute approximate surface area is 252 Å². The van der Waals surface area contributed by atoms with Gasteiger partial charge in [0.25, 0.3) is 0 Å². The lowest BCUT2D eigenvalue weighted by atomic mass is 9.82. The Bertz CT molecular complexity index is 1980. The van der Waals surface area contributed by atoms with Gasteiger partial charge in [-0.3, -0.25) is 14.6 Å². The first kappa shape index (κ1) is 27.1. The molecule has 2 heterocycles. The van der Waals surface area contributed by atoms with E-state index in [9.17, 15) is 18.4 Å². The van der Waals surface area contributed by atoms with Crippen LogP contribution in [0, 0.1) is 25.5 Å². The molecule has 212 valence electrons. The molecule has 0 N–H and O–H groups in total. The number of aryl methyl sites for hydroxylation is 2. The highest BCUT2D eigenvalue weighted by atomic mass is 32.1. The van der Waals surface area contributed by atoms with Gasteiger partial charge in [-0.15, -0.1) is 11.3 Å². The summed E-state index contributed by atoms with van der Waals surface area (Å²) in [5, 5.41) is 0. The minimum atomic E-state index is -1.14. The number of aromatic nitrogens is 1. The van der Waals surface area contributed by atoms with Gasteiger partial charge in [0.05, 0.1) is 5.57 Å². The summed E-state index contributed by atoms with van der Waals surface area (Å²) in [6.45, 7) is 8.34. The van der Waals surface area contributed by atoms with Crippen molar-refractivity contribution in [2.45, 2.75) is 33.1 Å². The number of anilines is 3. The van der Waals surface area contributed by atoms with Crippen molar-refractivity contribution < 1.29 is 18.4 Å². The van der Waals surface area contributed by atoms with Crippen LogP contribution >= 0.6 is 11.3 Å². The van der Waals surface area contributed by atoms with Crippen molar-refractivity contribution in [1.29, 1.82) is 0 Å². The summed E-state index contributed by atoms with van der Waals surface area (Å²) >= 11 is 1.50. The van der Waals surface area contributed by atoms with Crippen molar-refractivity contribution in [1.82, 2.24) is 4.98 Å². The Morgan fingerprint density at radius 3 is 1.98 bits per heavy atom. The van der Waals surface area contributed by atoms with E-state index in [0.717, 1.165) is 61.5 Å². The Morgan fingerprint density at radius 2 is 1.35 bits per heavy atom. The summed E-state index contributed by atoms with van der Waals surface area (Å²) in [7, 11) is 0. The lowest BCUT2D eigenvalue weighted by Crippen LogP contribution is -2.16. The lowest BCUT2D eigenvalue weighted by molar-refractivity contribution is 0.0990. The second-order valence-corrected chi connectivity index (χ2v) is 12.6. The van der Waals surface area contributed by atoms with Crippen LogP contribution in [0.25, 0.3) is 16.5 Å². The van der Waals surface area contributed by atoms with Gasteiger partial charge in [0, 0.05) is 54.7 Å². The van der Waals surface area contributed by atoms with E-state index in [-0.39, 0.29) is 22.1 Å².